The monoisotopic (exact) mass is 381 g/mol. The molecule has 0 saturated carbocycles. The van der Waals surface area contributed by atoms with Crippen molar-refractivity contribution >= 4 is 23.2 Å². The van der Waals surface area contributed by atoms with Gasteiger partial charge in [-0.2, -0.15) is 0 Å². The molecule has 0 unspecified atom stereocenters. The van der Waals surface area contributed by atoms with Crippen LogP contribution in [0.3, 0.4) is 0 Å². The number of carbonyl (C=O) groups is 2. The molecule has 2 N–H and O–H groups in total. The maximum atomic E-state index is 12.4. The Labute approximate surface area is 168 Å². The zero-order chi connectivity index (χ0) is 20.7. The minimum absolute atomic E-state index is 0.0652. The lowest BCUT2D eigenvalue weighted by Crippen LogP contribution is -2.33. The van der Waals surface area contributed by atoms with Gasteiger partial charge in [0.2, 0.25) is 5.91 Å². The van der Waals surface area contributed by atoms with Crippen LogP contribution in [0.15, 0.2) is 36.4 Å². The van der Waals surface area contributed by atoms with E-state index in [4.69, 9.17) is 0 Å². The van der Waals surface area contributed by atoms with Crippen molar-refractivity contribution in [2.45, 2.75) is 41.0 Å². The van der Waals surface area contributed by atoms with Crippen LogP contribution in [-0.4, -0.2) is 31.4 Å². The van der Waals surface area contributed by atoms with Gasteiger partial charge in [-0.3, -0.25) is 9.59 Å². The summed E-state index contributed by atoms with van der Waals surface area (Å²) in [7, 11) is 0. The molecule has 0 saturated heterocycles. The highest BCUT2D eigenvalue weighted by Crippen LogP contribution is 2.21. The number of nitrogens with one attached hydrogen (secondary N) is 2. The molecule has 0 fully saturated rings. The minimum Gasteiger partial charge on any atom is -0.372 e. The van der Waals surface area contributed by atoms with Crippen molar-refractivity contribution in [3.8, 4) is 0 Å². The molecular formula is C23H31N3O2. The molecule has 2 aromatic rings. The Balaban J connectivity index is 1.94. The summed E-state index contributed by atoms with van der Waals surface area (Å²) < 4.78 is 0. The second kappa shape index (κ2) is 9.93. The standard InChI is InChI=1S/C23H31N3O2/c1-6-12-26(7-2)20-10-8-19(9-11-20)23(28)24-15-21(27)25-22-17(4)13-16(3)14-18(22)5/h8-11,13-14H,6-7,12,15H2,1-5H3,(H,24,28)(H,25,27). The Kier molecular flexibility index (Phi) is 7.61. The van der Waals surface area contributed by atoms with Gasteiger partial charge in [-0.05, 0) is 69.5 Å². The molecule has 0 aliphatic rings. The Morgan fingerprint density at radius 2 is 1.57 bits per heavy atom. The summed E-state index contributed by atoms with van der Waals surface area (Å²) in [5.74, 6) is -0.488. The number of nitrogens with zero attached hydrogens (tertiary/aromatic N) is 1. The van der Waals surface area contributed by atoms with Gasteiger partial charge in [0, 0.05) is 30.0 Å². The van der Waals surface area contributed by atoms with Gasteiger partial charge in [0.05, 0.1) is 6.54 Å². The van der Waals surface area contributed by atoms with Crippen molar-refractivity contribution in [3.05, 3.63) is 58.7 Å². The van der Waals surface area contributed by atoms with Crippen molar-refractivity contribution in [2.24, 2.45) is 0 Å². The van der Waals surface area contributed by atoms with Crippen LogP contribution in [-0.2, 0) is 4.79 Å². The molecular weight excluding hydrogens is 350 g/mol. The predicted octanol–water partition coefficient (Wildman–Crippen LogP) is 4.22. The zero-order valence-electron chi connectivity index (χ0n) is 17.6. The third kappa shape index (κ3) is 5.59. The summed E-state index contributed by atoms with van der Waals surface area (Å²) in [6.07, 6.45) is 1.07. The van der Waals surface area contributed by atoms with Crippen LogP contribution >= 0.6 is 0 Å². The number of rotatable bonds is 8. The first-order valence-electron chi connectivity index (χ1n) is 9.86. The summed E-state index contributed by atoms with van der Waals surface area (Å²) in [4.78, 5) is 26.9. The molecule has 0 aliphatic heterocycles. The van der Waals surface area contributed by atoms with E-state index in [0.717, 1.165) is 47.6 Å². The molecule has 2 rings (SSSR count). The molecule has 0 aromatic heterocycles. The van der Waals surface area contributed by atoms with Crippen molar-refractivity contribution in [3.63, 3.8) is 0 Å². The average Bonchev–Trinajstić information content (AvgIpc) is 2.67. The van der Waals surface area contributed by atoms with Gasteiger partial charge in [0.25, 0.3) is 5.91 Å². The van der Waals surface area contributed by atoms with Gasteiger partial charge in [-0.25, -0.2) is 0 Å². The Morgan fingerprint density at radius 1 is 0.964 bits per heavy atom. The lowest BCUT2D eigenvalue weighted by atomic mass is 10.1. The van der Waals surface area contributed by atoms with Crippen LogP contribution in [0.25, 0.3) is 0 Å². The van der Waals surface area contributed by atoms with Gasteiger partial charge in [-0.1, -0.05) is 24.6 Å². The fourth-order valence-electron chi connectivity index (χ4n) is 3.39. The van der Waals surface area contributed by atoms with Crippen LogP contribution in [0.5, 0.6) is 0 Å². The molecule has 5 nitrogen and oxygen atoms in total. The van der Waals surface area contributed by atoms with Crippen LogP contribution < -0.4 is 15.5 Å². The molecule has 0 spiro atoms. The number of carbonyl (C=O) groups excluding carboxylic acids is 2. The van der Waals surface area contributed by atoms with Gasteiger partial charge in [0.1, 0.15) is 0 Å². The van der Waals surface area contributed by atoms with Crippen LogP contribution in [0.1, 0.15) is 47.3 Å². The minimum atomic E-state index is -0.252. The Morgan fingerprint density at radius 3 is 2.11 bits per heavy atom. The SMILES string of the molecule is CCCN(CC)c1ccc(C(=O)NCC(=O)Nc2c(C)cc(C)cc2C)cc1. The lowest BCUT2D eigenvalue weighted by Gasteiger charge is -2.22. The topological polar surface area (TPSA) is 61.4 Å². The third-order valence-corrected chi connectivity index (χ3v) is 4.72. The van der Waals surface area contributed by atoms with E-state index in [1.807, 2.05) is 45.0 Å². The lowest BCUT2D eigenvalue weighted by molar-refractivity contribution is -0.115. The highest BCUT2D eigenvalue weighted by molar-refractivity contribution is 6.00. The highest BCUT2D eigenvalue weighted by Gasteiger charge is 2.12. The van der Waals surface area contributed by atoms with Crippen LogP contribution in [0.2, 0.25) is 0 Å². The molecule has 0 atom stereocenters. The molecule has 2 amide bonds. The maximum Gasteiger partial charge on any atom is 0.251 e. The van der Waals surface area contributed by atoms with E-state index in [9.17, 15) is 9.59 Å². The van der Waals surface area contributed by atoms with E-state index < -0.39 is 0 Å². The second-order valence-corrected chi connectivity index (χ2v) is 7.13. The van der Waals surface area contributed by atoms with E-state index in [2.05, 4.69) is 29.4 Å². The number of aryl methyl sites for hydroxylation is 3. The van der Waals surface area contributed by atoms with Gasteiger partial charge in [-0.15, -0.1) is 0 Å². The summed E-state index contributed by atoms with van der Waals surface area (Å²) >= 11 is 0. The molecule has 150 valence electrons. The Bertz CT molecular complexity index is 805. The highest BCUT2D eigenvalue weighted by atomic mass is 16.2. The van der Waals surface area contributed by atoms with E-state index in [-0.39, 0.29) is 18.4 Å². The van der Waals surface area contributed by atoms with Crippen LogP contribution in [0, 0.1) is 20.8 Å². The van der Waals surface area contributed by atoms with E-state index >= 15 is 0 Å². The van der Waals surface area contributed by atoms with Crippen molar-refractivity contribution in [1.29, 1.82) is 0 Å². The fraction of sp³-hybridized carbons (Fsp3) is 0.391. The number of benzene rings is 2. The third-order valence-electron chi connectivity index (χ3n) is 4.72. The Hall–Kier alpha value is -2.82. The summed E-state index contributed by atoms with van der Waals surface area (Å²) in [6.45, 7) is 12.1. The molecule has 0 radical (unpaired) electrons. The number of hydrogen-bond acceptors (Lipinski definition) is 3. The average molecular weight is 382 g/mol. The van der Waals surface area contributed by atoms with Gasteiger partial charge in [0.15, 0.2) is 0 Å². The first-order valence-corrected chi connectivity index (χ1v) is 9.86. The summed E-state index contributed by atoms with van der Waals surface area (Å²) in [5.41, 5.74) is 5.64. The van der Waals surface area contributed by atoms with Crippen molar-refractivity contribution in [2.75, 3.05) is 29.9 Å². The molecule has 2 aromatic carbocycles. The van der Waals surface area contributed by atoms with Gasteiger partial charge >= 0.3 is 0 Å². The first kappa shape index (κ1) is 21.5. The van der Waals surface area contributed by atoms with E-state index in [1.54, 1.807) is 12.1 Å². The fourth-order valence-corrected chi connectivity index (χ4v) is 3.39. The van der Waals surface area contributed by atoms with Gasteiger partial charge < -0.3 is 15.5 Å². The molecule has 0 bridgehead atoms. The molecule has 28 heavy (non-hydrogen) atoms. The number of anilines is 2. The smallest absolute Gasteiger partial charge is 0.251 e. The predicted molar refractivity (Wildman–Crippen MR) is 116 cm³/mol. The quantitative estimate of drug-likeness (QED) is 0.720. The summed E-state index contributed by atoms with van der Waals surface area (Å²) in [6, 6.07) is 11.6. The molecule has 5 heteroatoms. The van der Waals surface area contributed by atoms with Crippen molar-refractivity contribution in [1.82, 2.24) is 5.32 Å². The zero-order valence-corrected chi connectivity index (χ0v) is 17.6. The van der Waals surface area contributed by atoms with Crippen LogP contribution in [0.4, 0.5) is 11.4 Å². The second-order valence-electron chi connectivity index (χ2n) is 7.13. The number of amides is 2. The summed E-state index contributed by atoms with van der Waals surface area (Å²) in [5, 5.41) is 5.59. The first-order chi connectivity index (χ1) is 13.3. The normalized spacial score (nSPS) is 10.5. The molecule has 0 aliphatic carbocycles. The maximum absolute atomic E-state index is 12.4. The number of hydrogen-bond donors (Lipinski definition) is 2. The molecule has 0 heterocycles. The van der Waals surface area contributed by atoms with E-state index in [1.165, 1.54) is 0 Å². The largest absolute Gasteiger partial charge is 0.372 e. The van der Waals surface area contributed by atoms with E-state index in [0.29, 0.717) is 5.56 Å². The van der Waals surface area contributed by atoms with Crippen molar-refractivity contribution < 1.29 is 9.59 Å².